The Kier molecular flexibility index (Phi) is 5.49. The SMILES string of the molecule is CCCOc1cccc(NC(=O)C(C)CN)c1. The molecule has 0 aliphatic rings. The van der Waals surface area contributed by atoms with E-state index in [-0.39, 0.29) is 11.8 Å². The van der Waals surface area contributed by atoms with Crippen LogP contribution < -0.4 is 15.8 Å². The molecule has 3 N–H and O–H groups in total. The van der Waals surface area contributed by atoms with E-state index in [0.717, 1.165) is 17.9 Å². The molecule has 94 valence electrons. The summed E-state index contributed by atoms with van der Waals surface area (Å²) in [4.78, 5) is 11.6. The van der Waals surface area contributed by atoms with Crippen LogP contribution in [0.2, 0.25) is 0 Å². The monoisotopic (exact) mass is 236 g/mol. The van der Waals surface area contributed by atoms with Crippen LogP contribution in [-0.4, -0.2) is 19.1 Å². The standard InChI is InChI=1S/C13H20N2O2/c1-3-7-17-12-6-4-5-11(8-12)15-13(16)10(2)9-14/h4-6,8,10H,3,7,9,14H2,1-2H3,(H,15,16). The van der Waals surface area contributed by atoms with E-state index in [1.165, 1.54) is 0 Å². The lowest BCUT2D eigenvalue weighted by atomic mass is 10.1. The minimum Gasteiger partial charge on any atom is -0.494 e. The van der Waals surface area contributed by atoms with Gasteiger partial charge in [-0.05, 0) is 18.6 Å². The zero-order valence-electron chi connectivity index (χ0n) is 10.4. The van der Waals surface area contributed by atoms with Crippen molar-refractivity contribution in [3.63, 3.8) is 0 Å². The molecule has 0 saturated heterocycles. The fourth-order valence-electron chi connectivity index (χ4n) is 1.26. The van der Waals surface area contributed by atoms with Crippen LogP contribution >= 0.6 is 0 Å². The van der Waals surface area contributed by atoms with E-state index < -0.39 is 0 Å². The van der Waals surface area contributed by atoms with Gasteiger partial charge in [-0.3, -0.25) is 4.79 Å². The topological polar surface area (TPSA) is 64.3 Å². The maximum absolute atomic E-state index is 11.6. The Hall–Kier alpha value is -1.55. The van der Waals surface area contributed by atoms with E-state index >= 15 is 0 Å². The highest BCUT2D eigenvalue weighted by Crippen LogP contribution is 2.18. The number of nitrogens with two attached hydrogens (primary N) is 1. The van der Waals surface area contributed by atoms with Gasteiger partial charge in [0.2, 0.25) is 5.91 Å². The van der Waals surface area contributed by atoms with Crippen LogP contribution in [0.5, 0.6) is 5.75 Å². The van der Waals surface area contributed by atoms with E-state index in [9.17, 15) is 4.79 Å². The number of nitrogens with one attached hydrogen (secondary N) is 1. The smallest absolute Gasteiger partial charge is 0.228 e. The maximum atomic E-state index is 11.6. The molecule has 0 spiro atoms. The van der Waals surface area contributed by atoms with Gasteiger partial charge in [-0.25, -0.2) is 0 Å². The van der Waals surface area contributed by atoms with Crippen LogP contribution in [0.15, 0.2) is 24.3 Å². The Morgan fingerprint density at radius 1 is 1.53 bits per heavy atom. The van der Waals surface area contributed by atoms with E-state index in [0.29, 0.717) is 13.2 Å². The van der Waals surface area contributed by atoms with Gasteiger partial charge in [0.05, 0.1) is 6.61 Å². The molecule has 0 aromatic heterocycles. The summed E-state index contributed by atoms with van der Waals surface area (Å²) in [5.74, 6) is 0.514. The zero-order chi connectivity index (χ0) is 12.7. The van der Waals surface area contributed by atoms with Crippen molar-refractivity contribution in [3.05, 3.63) is 24.3 Å². The lowest BCUT2D eigenvalue weighted by Gasteiger charge is -2.11. The normalized spacial score (nSPS) is 11.9. The van der Waals surface area contributed by atoms with Crippen molar-refractivity contribution in [2.45, 2.75) is 20.3 Å². The molecule has 1 atom stereocenters. The van der Waals surface area contributed by atoms with E-state index in [1.807, 2.05) is 24.3 Å². The lowest BCUT2D eigenvalue weighted by Crippen LogP contribution is -2.26. The average Bonchev–Trinajstić information content (AvgIpc) is 2.35. The summed E-state index contributed by atoms with van der Waals surface area (Å²) < 4.78 is 5.49. The van der Waals surface area contributed by atoms with Crippen LogP contribution in [0.25, 0.3) is 0 Å². The number of hydrogen-bond acceptors (Lipinski definition) is 3. The van der Waals surface area contributed by atoms with Gasteiger partial charge in [0.25, 0.3) is 0 Å². The summed E-state index contributed by atoms with van der Waals surface area (Å²) in [6, 6.07) is 7.38. The summed E-state index contributed by atoms with van der Waals surface area (Å²) in [5.41, 5.74) is 6.18. The first-order valence-corrected chi connectivity index (χ1v) is 5.91. The maximum Gasteiger partial charge on any atom is 0.228 e. The Morgan fingerprint density at radius 2 is 2.29 bits per heavy atom. The first-order chi connectivity index (χ1) is 8.17. The molecular weight excluding hydrogens is 216 g/mol. The van der Waals surface area contributed by atoms with Crippen molar-refractivity contribution in [2.24, 2.45) is 11.7 Å². The van der Waals surface area contributed by atoms with Crippen molar-refractivity contribution < 1.29 is 9.53 Å². The van der Waals surface area contributed by atoms with Crippen LogP contribution in [0.1, 0.15) is 20.3 Å². The van der Waals surface area contributed by atoms with E-state index in [4.69, 9.17) is 10.5 Å². The number of rotatable bonds is 6. The predicted octanol–water partition coefficient (Wildman–Crippen LogP) is 2.01. The van der Waals surface area contributed by atoms with Crippen molar-refractivity contribution in [1.82, 2.24) is 0 Å². The summed E-state index contributed by atoms with van der Waals surface area (Å²) in [5, 5.41) is 2.81. The van der Waals surface area contributed by atoms with Gasteiger partial charge in [0.15, 0.2) is 0 Å². The molecule has 1 aromatic rings. The zero-order valence-corrected chi connectivity index (χ0v) is 10.4. The van der Waals surface area contributed by atoms with Gasteiger partial charge in [0, 0.05) is 24.2 Å². The number of ether oxygens (including phenoxy) is 1. The Labute approximate surface area is 102 Å². The predicted molar refractivity (Wildman–Crippen MR) is 69.1 cm³/mol. The minimum atomic E-state index is -0.185. The lowest BCUT2D eigenvalue weighted by molar-refractivity contribution is -0.119. The molecule has 1 aromatic carbocycles. The number of anilines is 1. The highest BCUT2D eigenvalue weighted by molar-refractivity contribution is 5.92. The third kappa shape index (κ3) is 4.44. The highest BCUT2D eigenvalue weighted by atomic mass is 16.5. The second kappa shape index (κ2) is 6.91. The molecule has 1 amide bonds. The van der Waals surface area contributed by atoms with Gasteiger partial charge >= 0.3 is 0 Å². The minimum absolute atomic E-state index is 0.0693. The molecule has 1 unspecified atom stereocenters. The molecule has 4 heteroatoms. The van der Waals surface area contributed by atoms with Crippen molar-refractivity contribution in [2.75, 3.05) is 18.5 Å². The van der Waals surface area contributed by atoms with Gasteiger partial charge in [-0.1, -0.05) is 19.9 Å². The van der Waals surface area contributed by atoms with E-state index in [2.05, 4.69) is 12.2 Å². The molecule has 0 fully saturated rings. The first kappa shape index (κ1) is 13.5. The molecule has 0 aliphatic heterocycles. The van der Waals surface area contributed by atoms with Gasteiger partial charge < -0.3 is 15.8 Å². The van der Waals surface area contributed by atoms with Crippen LogP contribution in [0.4, 0.5) is 5.69 Å². The third-order valence-electron chi connectivity index (χ3n) is 2.38. The quantitative estimate of drug-likeness (QED) is 0.794. The van der Waals surface area contributed by atoms with Gasteiger partial charge in [-0.15, -0.1) is 0 Å². The van der Waals surface area contributed by atoms with Gasteiger partial charge in [0.1, 0.15) is 5.75 Å². The van der Waals surface area contributed by atoms with Crippen molar-refractivity contribution in [1.29, 1.82) is 0 Å². The van der Waals surface area contributed by atoms with E-state index in [1.54, 1.807) is 6.92 Å². The molecule has 17 heavy (non-hydrogen) atoms. The highest BCUT2D eigenvalue weighted by Gasteiger charge is 2.10. The second-order valence-corrected chi connectivity index (χ2v) is 4.00. The molecular formula is C13H20N2O2. The molecule has 0 saturated carbocycles. The van der Waals surface area contributed by atoms with Crippen LogP contribution in [-0.2, 0) is 4.79 Å². The Bertz CT molecular complexity index is 366. The molecule has 0 heterocycles. The first-order valence-electron chi connectivity index (χ1n) is 5.91. The number of carbonyl (C=O) groups is 1. The largest absolute Gasteiger partial charge is 0.494 e. The number of carbonyl (C=O) groups excluding carboxylic acids is 1. The van der Waals surface area contributed by atoms with Crippen molar-refractivity contribution in [3.8, 4) is 5.75 Å². The number of amides is 1. The Morgan fingerprint density at radius 3 is 2.94 bits per heavy atom. The summed E-state index contributed by atoms with van der Waals surface area (Å²) in [6.07, 6.45) is 0.959. The van der Waals surface area contributed by atoms with Crippen LogP contribution in [0.3, 0.4) is 0 Å². The molecule has 0 aliphatic carbocycles. The molecule has 4 nitrogen and oxygen atoms in total. The fourth-order valence-corrected chi connectivity index (χ4v) is 1.26. The molecule has 0 radical (unpaired) electrons. The van der Waals surface area contributed by atoms with Crippen molar-refractivity contribution >= 4 is 11.6 Å². The van der Waals surface area contributed by atoms with Gasteiger partial charge in [-0.2, -0.15) is 0 Å². The molecule has 0 bridgehead atoms. The summed E-state index contributed by atoms with van der Waals surface area (Å²) >= 11 is 0. The number of hydrogen-bond donors (Lipinski definition) is 2. The summed E-state index contributed by atoms with van der Waals surface area (Å²) in [7, 11) is 0. The third-order valence-corrected chi connectivity index (χ3v) is 2.38. The summed E-state index contributed by atoms with van der Waals surface area (Å²) in [6.45, 7) is 4.87. The van der Waals surface area contributed by atoms with Crippen LogP contribution in [0, 0.1) is 5.92 Å². The second-order valence-electron chi connectivity index (χ2n) is 4.00. The fraction of sp³-hybridized carbons (Fsp3) is 0.462. The Balaban J connectivity index is 2.62. The number of benzene rings is 1. The average molecular weight is 236 g/mol. The molecule has 1 rings (SSSR count).